The highest BCUT2D eigenvalue weighted by molar-refractivity contribution is 7.99. The Hall–Kier alpha value is -3.00. The van der Waals surface area contributed by atoms with Crippen molar-refractivity contribution in [2.45, 2.75) is 25.5 Å². The molecule has 7 nitrogen and oxygen atoms in total. The maximum atomic E-state index is 12.3. The average molecular weight is 381 g/mol. The molecule has 8 heteroatoms. The molecule has 27 heavy (non-hydrogen) atoms. The van der Waals surface area contributed by atoms with E-state index in [2.05, 4.69) is 20.5 Å². The van der Waals surface area contributed by atoms with Crippen molar-refractivity contribution >= 4 is 29.1 Å². The minimum atomic E-state index is -0.175. The molecule has 138 valence electrons. The van der Waals surface area contributed by atoms with Gasteiger partial charge in [0.15, 0.2) is 16.8 Å². The molecule has 0 radical (unpaired) electrons. The smallest absolute Gasteiger partial charge is 0.234 e. The van der Waals surface area contributed by atoms with Crippen LogP contribution in [0.5, 0.6) is 0 Å². The normalized spacial score (nSPS) is 10.6. The van der Waals surface area contributed by atoms with E-state index in [1.807, 2.05) is 29.7 Å². The highest BCUT2D eigenvalue weighted by Crippen LogP contribution is 2.22. The average Bonchev–Trinajstić information content (AvgIpc) is 3.10. The van der Waals surface area contributed by atoms with Crippen molar-refractivity contribution in [1.29, 1.82) is 0 Å². The number of nitrogens with zero attached hydrogens (tertiary/aromatic N) is 4. The maximum absolute atomic E-state index is 12.3. The fourth-order valence-corrected chi connectivity index (χ4v) is 3.31. The van der Waals surface area contributed by atoms with Crippen LogP contribution in [0.25, 0.3) is 11.5 Å². The van der Waals surface area contributed by atoms with Crippen LogP contribution in [0.2, 0.25) is 0 Å². The quantitative estimate of drug-likeness (QED) is 0.499. The van der Waals surface area contributed by atoms with E-state index >= 15 is 0 Å². The predicted molar refractivity (Wildman–Crippen MR) is 105 cm³/mol. The first-order valence-corrected chi connectivity index (χ1v) is 9.45. The second kappa shape index (κ2) is 8.59. The number of hydrogen-bond acceptors (Lipinski definition) is 6. The van der Waals surface area contributed by atoms with Crippen LogP contribution in [0.1, 0.15) is 24.2 Å². The van der Waals surface area contributed by atoms with Crippen LogP contribution in [0.15, 0.2) is 53.8 Å². The Morgan fingerprint density at radius 2 is 2.00 bits per heavy atom. The van der Waals surface area contributed by atoms with Gasteiger partial charge in [-0.05, 0) is 38.1 Å². The number of nitrogens with one attached hydrogen (secondary N) is 1. The number of rotatable bonds is 7. The molecule has 0 atom stereocenters. The monoisotopic (exact) mass is 381 g/mol. The minimum Gasteiger partial charge on any atom is -0.325 e. The van der Waals surface area contributed by atoms with Crippen molar-refractivity contribution in [1.82, 2.24) is 19.7 Å². The molecule has 0 spiro atoms. The fourth-order valence-electron chi connectivity index (χ4n) is 2.51. The summed E-state index contributed by atoms with van der Waals surface area (Å²) >= 11 is 1.31. The summed E-state index contributed by atoms with van der Waals surface area (Å²) in [7, 11) is 0. The summed E-state index contributed by atoms with van der Waals surface area (Å²) in [5.74, 6) is 0.643. The second-order valence-electron chi connectivity index (χ2n) is 5.74. The molecule has 0 bridgehead atoms. The Kier molecular flexibility index (Phi) is 5.97. The van der Waals surface area contributed by atoms with E-state index in [0.29, 0.717) is 28.8 Å². The number of benzene rings is 1. The van der Waals surface area contributed by atoms with Gasteiger partial charge in [-0.25, -0.2) is 0 Å². The molecular weight excluding hydrogens is 362 g/mol. The lowest BCUT2D eigenvalue weighted by Crippen LogP contribution is -2.15. The van der Waals surface area contributed by atoms with E-state index in [1.54, 1.807) is 30.5 Å². The summed E-state index contributed by atoms with van der Waals surface area (Å²) < 4.78 is 1.93. The van der Waals surface area contributed by atoms with Crippen LogP contribution >= 0.6 is 11.8 Å². The van der Waals surface area contributed by atoms with Crippen LogP contribution in [0.4, 0.5) is 5.69 Å². The molecule has 0 aliphatic carbocycles. The molecule has 1 aromatic carbocycles. The van der Waals surface area contributed by atoms with E-state index in [0.717, 1.165) is 5.69 Å². The number of carbonyl (C=O) groups is 2. The molecule has 3 rings (SSSR count). The van der Waals surface area contributed by atoms with Gasteiger partial charge in [0.1, 0.15) is 5.69 Å². The van der Waals surface area contributed by atoms with E-state index in [1.165, 1.54) is 18.7 Å². The van der Waals surface area contributed by atoms with Gasteiger partial charge in [-0.2, -0.15) is 0 Å². The predicted octanol–water partition coefficient (Wildman–Crippen LogP) is 3.29. The number of aromatic nitrogens is 4. The Balaban J connectivity index is 1.66. The van der Waals surface area contributed by atoms with Crippen LogP contribution < -0.4 is 5.32 Å². The lowest BCUT2D eigenvalue weighted by molar-refractivity contribution is -0.113. The molecule has 0 fully saturated rings. The zero-order valence-electron chi connectivity index (χ0n) is 15.0. The standard InChI is InChI=1S/C19H19N5O2S/c1-3-24-18(16-9-4-5-10-20-16)22-23-19(24)27-12-17(26)21-15-8-6-7-14(11-15)13(2)25/h4-11H,3,12H2,1-2H3,(H,21,26). The van der Waals surface area contributed by atoms with Crippen molar-refractivity contribution in [3.05, 3.63) is 54.2 Å². The van der Waals surface area contributed by atoms with Crippen molar-refractivity contribution in [2.24, 2.45) is 0 Å². The minimum absolute atomic E-state index is 0.0430. The molecule has 0 saturated heterocycles. The number of hydrogen-bond donors (Lipinski definition) is 1. The summed E-state index contributed by atoms with van der Waals surface area (Å²) in [5.41, 5.74) is 1.90. The van der Waals surface area contributed by atoms with Gasteiger partial charge < -0.3 is 9.88 Å². The molecule has 0 unspecified atom stereocenters. The number of pyridine rings is 1. The molecule has 1 amide bonds. The highest BCUT2D eigenvalue weighted by atomic mass is 32.2. The number of anilines is 1. The molecular formula is C19H19N5O2S. The third-order valence-corrected chi connectivity index (χ3v) is 4.78. The first kappa shape index (κ1) is 18.8. The van der Waals surface area contributed by atoms with E-state index in [-0.39, 0.29) is 17.4 Å². The lowest BCUT2D eigenvalue weighted by atomic mass is 10.1. The third-order valence-electron chi connectivity index (χ3n) is 3.81. The topological polar surface area (TPSA) is 89.8 Å². The Morgan fingerprint density at radius 3 is 2.70 bits per heavy atom. The van der Waals surface area contributed by atoms with Gasteiger partial charge in [-0.3, -0.25) is 14.6 Å². The Labute approximate surface area is 161 Å². The van der Waals surface area contributed by atoms with Crippen molar-refractivity contribution in [3.63, 3.8) is 0 Å². The largest absolute Gasteiger partial charge is 0.325 e. The summed E-state index contributed by atoms with van der Waals surface area (Å²) in [5, 5.41) is 11.9. The molecule has 3 aromatic rings. The van der Waals surface area contributed by atoms with Gasteiger partial charge in [-0.1, -0.05) is 30.0 Å². The van der Waals surface area contributed by atoms with Gasteiger partial charge in [0, 0.05) is 24.0 Å². The van der Waals surface area contributed by atoms with E-state index in [4.69, 9.17) is 0 Å². The van der Waals surface area contributed by atoms with Crippen LogP contribution in [-0.4, -0.2) is 37.2 Å². The summed E-state index contributed by atoms with van der Waals surface area (Å²) in [6.45, 7) is 4.16. The second-order valence-corrected chi connectivity index (χ2v) is 6.68. The van der Waals surface area contributed by atoms with Gasteiger partial charge in [0.05, 0.1) is 5.75 Å². The summed E-state index contributed by atoms with van der Waals surface area (Å²) in [4.78, 5) is 28.0. The number of amides is 1. The Bertz CT molecular complexity index is 956. The van der Waals surface area contributed by atoms with E-state index in [9.17, 15) is 9.59 Å². The highest BCUT2D eigenvalue weighted by Gasteiger charge is 2.15. The first-order chi connectivity index (χ1) is 13.1. The van der Waals surface area contributed by atoms with Crippen molar-refractivity contribution in [3.8, 4) is 11.5 Å². The molecule has 0 saturated carbocycles. The summed E-state index contributed by atoms with van der Waals surface area (Å²) in [6, 6.07) is 12.5. The number of carbonyl (C=O) groups excluding carboxylic acids is 2. The van der Waals surface area contributed by atoms with Crippen molar-refractivity contribution in [2.75, 3.05) is 11.1 Å². The lowest BCUT2D eigenvalue weighted by Gasteiger charge is -2.08. The van der Waals surface area contributed by atoms with Gasteiger partial charge in [-0.15, -0.1) is 10.2 Å². The molecule has 2 aromatic heterocycles. The zero-order chi connectivity index (χ0) is 19.2. The van der Waals surface area contributed by atoms with Gasteiger partial charge in [0.25, 0.3) is 0 Å². The molecule has 1 N–H and O–H groups in total. The van der Waals surface area contributed by atoms with Crippen molar-refractivity contribution < 1.29 is 9.59 Å². The van der Waals surface area contributed by atoms with Gasteiger partial charge in [0.2, 0.25) is 5.91 Å². The van der Waals surface area contributed by atoms with Gasteiger partial charge >= 0.3 is 0 Å². The Morgan fingerprint density at radius 1 is 1.15 bits per heavy atom. The SMILES string of the molecule is CCn1c(SCC(=O)Nc2cccc(C(C)=O)c2)nnc1-c1ccccn1. The number of thioether (sulfide) groups is 1. The molecule has 2 heterocycles. The van der Waals surface area contributed by atoms with Crippen LogP contribution in [0, 0.1) is 0 Å². The first-order valence-electron chi connectivity index (χ1n) is 8.46. The number of Topliss-reactive ketones (excluding diaryl/α,β-unsaturated/α-hetero) is 1. The van der Waals surface area contributed by atoms with Crippen LogP contribution in [-0.2, 0) is 11.3 Å². The zero-order valence-corrected chi connectivity index (χ0v) is 15.9. The number of ketones is 1. The molecule has 0 aliphatic rings. The maximum Gasteiger partial charge on any atom is 0.234 e. The van der Waals surface area contributed by atoms with Crippen LogP contribution in [0.3, 0.4) is 0 Å². The third kappa shape index (κ3) is 4.59. The summed E-state index contributed by atoms with van der Waals surface area (Å²) in [6.07, 6.45) is 1.71. The fraction of sp³-hybridized carbons (Fsp3) is 0.211. The van der Waals surface area contributed by atoms with E-state index < -0.39 is 0 Å². The molecule has 0 aliphatic heterocycles.